The number of benzene rings is 1. The minimum atomic E-state index is -0.361. The highest BCUT2D eigenvalue weighted by Gasteiger charge is 2.28. The van der Waals surface area contributed by atoms with Gasteiger partial charge in [-0.1, -0.05) is 6.07 Å². The number of carbonyl (C=O) groups excluding carboxylic acids is 1. The van der Waals surface area contributed by atoms with E-state index in [1.807, 2.05) is 19.2 Å². The lowest BCUT2D eigenvalue weighted by atomic mass is 9.99. The van der Waals surface area contributed by atoms with Crippen LogP contribution in [-0.2, 0) is 20.0 Å². The molecule has 0 radical (unpaired) electrons. The van der Waals surface area contributed by atoms with Crippen LogP contribution in [0.2, 0.25) is 0 Å². The molecule has 0 atom stereocenters. The van der Waals surface area contributed by atoms with Crippen LogP contribution in [0.5, 0.6) is 0 Å². The quantitative estimate of drug-likeness (QED) is 0.895. The third-order valence-electron chi connectivity index (χ3n) is 4.60. The van der Waals surface area contributed by atoms with Gasteiger partial charge in [-0.2, -0.15) is 5.10 Å². The number of hydrogen-bond acceptors (Lipinski definition) is 3. The molecule has 7 heteroatoms. The van der Waals surface area contributed by atoms with Crippen molar-refractivity contribution in [3.8, 4) is 0 Å². The molecule has 1 aromatic heterocycles. The predicted molar refractivity (Wildman–Crippen MR) is 92.2 cm³/mol. The maximum absolute atomic E-state index is 14.6. The Hall–Kier alpha value is -1.92. The van der Waals surface area contributed by atoms with Gasteiger partial charge in [-0.15, -0.1) is 12.4 Å². The Morgan fingerprint density at radius 3 is 2.96 bits per heavy atom. The summed E-state index contributed by atoms with van der Waals surface area (Å²) in [5, 5.41) is 10.1. The lowest BCUT2D eigenvalue weighted by molar-refractivity contribution is 0.102. The Bertz CT molecular complexity index is 785. The maximum atomic E-state index is 14.6. The fourth-order valence-electron chi connectivity index (χ4n) is 3.17. The molecule has 0 saturated heterocycles. The Balaban J connectivity index is 0.00000169. The topological polar surface area (TPSA) is 59.0 Å². The van der Waals surface area contributed by atoms with Gasteiger partial charge >= 0.3 is 0 Å². The Morgan fingerprint density at radius 2 is 2.21 bits per heavy atom. The van der Waals surface area contributed by atoms with Crippen molar-refractivity contribution in [1.29, 1.82) is 0 Å². The number of hydrogen-bond donors (Lipinski definition) is 2. The summed E-state index contributed by atoms with van der Waals surface area (Å²) in [5.74, 6) is -0.169. The van der Waals surface area contributed by atoms with E-state index in [-0.39, 0.29) is 29.8 Å². The molecule has 1 aromatic carbocycles. The van der Waals surface area contributed by atoms with E-state index in [2.05, 4.69) is 15.7 Å². The van der Waals surface area contributed by atoms with Crippen molar-refractivity contribution in [2.45, 2.75) is 31.7 Å². The van der Waals surface area contributed by atoms with E-state index < -0.39 is 0 Å². The van der Waals surface area contributed by atoms with Crippen LogP contribution >= 0.6 is 12.4 Å². The van der Waals surface area contributed by atoms with Gasteiger partial charge in [-0.05, 0) is 49.1 Å². The van der Waals surface area contributed by atoms with Crippen molar-refractivity contribution < 1.29 is 9.18 Å². The van der Waals surface area contributed by atoms with Crippen molar-refractivity contribution in [2.75, 3.05) is 11.9 Å². The van der Waals surface area contributed by atoms with E-state index in [0.29, 0.717) is 30.1 Å². The SMILES string of the molecule is Cl.Cn1nc(C(=O)Nc2ccc3c(c2F)CCNC3)cc1C1CC1. The molecule has 4 rings (SSSR count). The van der Waals surface area contributed by atoms with Crippen molar-refractivity contribution >= 4 is 24.0 Å². The average Bonchev–Trinajstić information content (AvgIpc) is 3.32. The van der Waals surface area contributed by atoms with Crippen LogP contribution in [0.1, 0.15) is 46.1 Å². The van der Waals surface area contributed by atoms with Crippen LogP contribution in [0.15, 0.2) is 18.2 Å². The minimum Gasteiger partial charge on any atom is -0.318 e. The third kappa shape index (κ3) is 3.03. The molecule has 1 amide bonds. The molecule has 0 bridgehead atoms. The normalized spacial score (nSPS) is 16.2. The molecule has 0 unspecified atom stereocenters. The zero-order valence-electron chi connectivity index (χ0n) is 13.4. The van der Waals surface area contributed by atoms with Crippen molar-refractivity contribution in [3.05, 3.63) is 46.5 Å². The number of fused-ring (bicyclic) bond motifs is 1. The highest BCUT2D eigenvalue weighted by atomic mass is 35.5. The second-order valence-electron chi connectivity index (χ2n) is 6.30. The number of aromatic nitrogens is 2. The smallest absolute Gasteiger partial charge is 0.276 e. The molecule has 2 aromatic rings. The molecule has 0 spiro atoms. The van der Waals surface area contributed by atoms with Gasteiger partial charge in [0.25, 0.3) is 5.91 Å². The van der Waals surface area contributed by atoms with E-state index in [1.165, 1.54) is 0 Å². The molecule has 1 aliphatic heterocycles. The van der Waals surface area contributed by atoms with Gasteiger partial charge in [-0.3, -0.25) is 9.48 Å². The molecule has 5 nitrogen and oxygen atoms in total. The summed E-state index contributed by atoms with van der Waals surface area (Å²) in [6.07, 6.45) is 2.93. The first-order valence-electron chi connectivity index (χ1n) is 7.99. The van der Waals surface area contributed by atoms with Crippen molar-refractivity contribution in [1.82, 2.24) is 15.1 Å². The number of aryl methyl sites for hydroxylation is 1. The van der Waals surface area contributed by atoms with E-state index in [4.69, 9.17) is 0 Å². The lowest BCUT2D eigenvalue weighted by Crippen LogP contribution is -2.25. The van der Waals surface area contributed by atoms with Gasteiger partial charge in [0, 0.05) is 25.2 Å². The highest BCUT2D eigenvalue weighted by molar-refractivity contribution is 6.03. The van der Waals surface area contributed by atoms with Gasteiger partial charge < -0.3 is 10.6 Å². The number of nitrogens with one attached hydrogen (secondary N) is 2. The highest BCUT2D eigenvalue weighted by Crippen LogP contribution is 2.40. The van der Waals surface area contributed by atoms with Crippen LogP contribution in [0, 0.1) is 5.82 Å². The monoisotopic (exact) mass is 350 g/mol. The summed E-state index contributed by atoms with van der Waals surface area (Å²) < 4.78 is 16.3. The summed E-state index contributed by atoms with van der Waals surface area (Å²) in [6.45, 7) is 1.43. The molecule has 24 heavy (non-hydrogen) atoms. The fraction of sp³-hybridized carbons (Fsp3) is 0.412. The van der Waals surface area contributed by atoms with Gasteiger partial charge in [0.05, 0.1) is 5.69 Å². The largest absolute Gasteiger partial charge is 0.318 e. The van der Waals surface area contributed by atoms with Crippen LogP contribution < -0.4 is 10.6 Å². The van der Waals surface area contributed by atoms with Crippen molar-refractivity contribution in [2.24, 2.45) is 7.05 Å². The van der Waals surface area contributed by atoms with Crippen LogP contribution in [-0.4, -0.2) is 22.2 Å². The molecular weight excluding hydrogens is 331 g/mol. The van der Waals surface area contributed by atoms with Crippen molar-refractivity contribution in [3.63, 3.8) is 0 Å². The molecule has 1 aliphatic carbocycles. The lowest BCUT2D eigenvalue weighted by Gasteiger charge is -2.19. The number of anilines is 1. The second-order valence-corrected chi connectivity index (χ2v) is 6.30. The van der Waals surface area contributed by atoms with E-state index in [1.54, 1.807) is 10.7 Å². The zero-order chi connectivity index (χ0) is 16.0. The Morgan fingerprint density at radius 1 is 1.42 bits per heavy atom. The second kappa shape index (κ2) is 6.53. The molecule has 2 aliphatic rings. The first-order chi connectivity index (χ1) is 11.1. The standard InChI is InChI=1S/C17H19FN4O.ClH/c1-22-15(10-2-3-10)8-14(21-22)17(23)20-13-5-4-11-9-19-7-6-12(11)16(13)18;/h4-5,8,10,19H,2-3,6-7,9H2,1H3,(H,20,23);1H. The van der Waals surface area contributed by atoms with E-state index >= 15 is 0 Å². The number of nitrogens with zero attached hydrogens (tertiary/aromatic N) is 2. The minimum absolute atomic E-state index is 0. The first-order valence-corrected chi connectivity index (χ1v) is 7.99. The van der Waals surface area contributed by atoms with Gasteiger partial charge in [0.2, 0.25) is 0 Å². The maximum Gasteiger partial charge on any atom is 0.276 e. The molecule has 1 saturated carbocycles. The molecular formula is C17H20ClFN4O. The van der Waals surface area contributed by atoms with Gasteiger partial charge in [0.1, 0.15) is 5.82 Å². The van der Waals surface area contributed by atoms with E-state index in [0.717, 1.165) is 30.6 Å². The number of amides is 1. The number of carbonyl (C=O) groups is 1. The molecule has 128 valence electrons. The van der Waals surface area contributed by atoms with E-state index in [9.17, 15) is 9.18 Å². The summed E-state index contributed by atoms with van der Waals surface area (Å²) in [4.78, 5) is 12.4. The molecule has 2 N–H and O–H groups in total. The van der Waals surface area contributed by atoms with Crippen LogP contribution in [0.4, 0.5) is 10.1 Å². The number of rotatable bonds is 3. The summed E-state index contributed by atoms with van der Waals surface area (Å²) in [7, 11) is 1.84. The fourth-order valence-corrected chi connectivity index (χ4v) is 3.17. The van der Waals surface area contributed by atoms with Crippen LogP contribution in [0.3, 0.4) is 0 Å². The zero-order valence-corrected chi connectivity index (χ0v) is 14.3. The van der Waals surface area contributed by atoms with Gasteiger partial charge in [0.15, 0.2) is 5.69 Å². The number of halogens is 2. The molecule has 1 fully saturated rings. The predicted octanol–water partition coefficient (Wildman–Crippen LogP) is 2.76. The molecule has 2 heterocycles. The third-order valence-corrected chi connectivity index (χ3v) is 4.60. The Kier molecular flexibility index (Phi) is 4.60. The Labute approximate surface area is 146 Å². The van der Waals surface area contributed by atoms with Crippen LogP contribution in [0.25, 0.3) is 0 Å². The first kappa shape index (κ1) is 16.9. The summed E-state index contributed by atoms with van der Waals surface area (Å²) in [5.41, 5.74) is 3.30. The average molecular weight is 351 g/mol. The summed E-state index contributed by atoms with van der Waals surface area (Å²) >= 11 is 0. The van der Waals surface area contributed by atoms with Gasteiger partial charge in [-0.25, -0.2) is 4.39 Å². The summed E-state index contributed by atoms with van der Waals surface area (Å²) in [6, 6.07) is 5.31.